The van der Waals surface area contributed by atoms with E-state index in [9.17, 15) is 9.59 Å². The lowest BCUT2D eigenvalue weighted by Crippen LogP contribution is -2.44. The Morgan fingerprint density at radius 3 is 2.90 bits per heavy atom. The molecule has 6 nitrogen and oxygen atoms in total. The molecule has 7 heteroatoms. The maximum Gasteiger partial charge on any atom is 0.321 e. The van der Waals surface area contributed by atoms with Crippen LogP contribution in [0.25, 0.3) is 0 Å². The number of carbonyl (C=O) groups is 2. The Kier molecular flexibility index (Phi) is 4.66. The fraction of sp³-hybridized carbons (Fsp3) is 0.357. The molecule has 0 spiro atoms. The van der Waals surface area contributed by atoms with Crippen LogP contribution in [-0.4, -0.2) is 35.1 Å². The molecule has 0 saturated carbocycles. The molecule has 2 N–H and O–H groups in total. The average Bonchev–Trinajstić information content (AvgIpc) is 2.49. The monoisotopic (exact) mass is 307 g/mol. The molecule has 1 aliphatic rings. The van der Waals surface area contributed by atoms with Crippen molar-refractivity contribution in [2.75, 3.05) is 18.4 Å². The van der Waals surface area contributed by atoms with Crippen molar-refractivity contribution in [3.05, 3.63) is 28.8 Å². The zero-order valence-electron chi connectivity index (χ0n) is 11.2. The molecule has 1 fully saturated rings. The first-order valence-corrected chi connectivity index (χ1v) is 6.87. The second kappa shape index (κ2) is 6.46. The average molecular weight is 308 g/mol. The van der Waals surface area contributed by atoms with E-state index in [1.807, 2.05) is 6.07 Å². The molecule has 1 heterocycles. The summed E-state index contributed by atoms with van der Waals surface area (Å²) in [6.07, 6.45) is 1.22. The maximum atomic E-state index is 12.2. The first-order chi connectivity index (χ1) is 10.0. The third kappa shape index (κ3) is 3.64. The smallest absolute Gasteiger partial charge is 0.321 e. The summed E-state index contributed by atoms with van der Waals surface area (Å²) in [6.45, 7) is 0.682. The van der Waals surface area contributed by atoms with Crippen LogP contribution >= 0.6 is 11.6 Å². The summed E-state index contributed by atoms with van der Waals surface area (Å²) in [4.78, 5) is 24.6. The van der Waals surface area contributed by atoms with Crippen LogP contribution in [0.5, 0.6) is 0 Å². The Hall–Kier alpha value is -2.26. The number of anilines is 1. The van der Waals surface area contributed by atoms with E-state index >= 15 is 0 Å². The number of amides is 2. The molecular formula is C14H14ClN3O3. The summed E-state index contributed by atoms with van der Waals surface area (Å²) in [5, 5.41) is 20.8. The van der Waals surface area contributed by atoms with Crippen LogP contribution in [0.3, 0.4) is 0 Å². The van der Waals surface area contributed by atoms with E-state index in [2.05, 4.69) is 5.32 Å². The maximum absolute atomic E-state index is 12.2. The van der Waals surface area contributed by atoms with Crippen LogP contribution in [0.2, 0.25) is 5.02 Å². The van der Waals surface area contributed by atoms with Crippen molar-refractivity contribution in [1.82, 2.24) is 4.90 Å². The Morgan fingerprint density at radius 2 is 2.24 bits per heavy atom. The largest absolute Gasteiger partial charge is 0.481 e. The van der Waals surface area contributed by atoms with E-state index in [0.717, 1.165) is 0 Å². The van der Waals surface area contributed by atoms with Gasteiger partial charge >= 0.3 is 12.0 Å². The molecule has 21 heavy (non-hydrogen) atoms. The van der Waals surface area contributed by atoms with Gasteiger partial charge in [-0.2, -0.15) is 5.26 Å². The van der Waals surface area contributed by atoms with Gasteiger partial charge in [0.2, 0.25) is 0 Å². The minimum absolute atomic E-state index is 0.177. The van der Waals surface area contributed by atoms with Crippen LogP contribution in [0.4, 0.5) is 10.5 Å². The van der Waals surface area contributed by atoms with Gasteiger partial charge in [-0.25, -0.2) is 4.79 Å². The second-order valence-corrected chi connectivity index (χ2v) is 5.27. The highest BCUT2D eigenvalue weighted by molar-refractivity contribution is 6.33. The fourth-order valence-corrected chi connectivity index (χ4v) is 2.41. The number of halogens is 1. The summed E-state index contributed by atoms with van der Waals surface area (Å²) in [5.74, 6) is -1.43. The summed E-state index contributed by atoms with van der Waals surface area (Å²) < 4.78 is 0. The summed E-state index contributed by atoms with van der Waals surface area (Å²) in [7, 11) is 0. The number of nitriles is 1. The Morgan fingerprint density at radius 1 is 1.48 bits per heavy atom. The van der Waals surface area contributed by atoms with Gasteiger partial charge in [0.1, 0.15) is 0 Å². The number of nitrogens with zero attached hydrogens (tertiary/aromatic N) is 2. The molecule has 0 radical (unpaired) electrons. The van der Waals surface area contributed by atoms with Gasteiger partial charge in [0.05, 0.1) is 28.3 Å². The van der Waals surface area contributed by atoms with E-state index in [-0.39, 0.29) is 6.54 Å². The Bertz CT molecular complexity index is 612. The summed E-state index contributed by atoms with van der Waals surface area (Å²) in [5.41, 5.74) is 0.731. The number of nitrogens with one attached hydrogen (secondary N) is 1. The van der Waals surface area contributed by atoms with Gasteiger partial charge in [-0.15, -0.1) is 0 Å². The molecule has 0 aromatic heterocycles. The number of urea groups is 1. The highest BCUT2D eigenvalue weighted by atomic mass is 35.5. The van der Waals surface area contributed by atoms with Crippen LogP contribution in [0, 0.1) is 17.2 Å². The number of hydrogen-bond acceptors (Lipinski definition) is 3. The molecule has 0 aliphatic carbocycles. The van der Waals surface area contributed by atoms with Crippen molar-refractivity contribution in [3.8, 4) is 6.07 Å². The zero-order valence-corrected chi connectivity index (χ0v) is 11.9. The van der Waals surface area contributed by atoms with Gasteiger partial charge in [0.15, 0.2) is 0 Å². The van der Waals surface area contributed by atoms with Crippen molar-refractivity contribution < 1.29 is 14.7 Å². The number of hydrogen-bond donors (Lipinski definition) is 2. The normalized spacial score (nSPS) is 17.9. The summed E-state index contributed by atoms with van der Waals surface area (Å²) in [6, 6.07) is 6.14. The number of carbonyl (C=O) groups excluding carboxylic acids is 1. The number of benzene rings is 1. The topological polar surface area (TPSA) is 93.4 Å². The predicted molar refractivity (Wildman–Crippen MR) is 77.1 cm³/mol. The van der Waals surface area contributed by atoms with Gasteiger partial charge in [0.25, 0.3) is 0 Å². The molecule has 1 atom stereocenters. The van der Waals surface area contributed by atoms with Gasteiger partial charge in [-0.05, 0) is 31.0 Å². The molecule has 2 rings (SSSR count). The van der Waals surface area contributed by atoms with Crippen LogP contribution in [0.1, 0.15) is 18.4 Å². The van der Waals surface area contributed by atoms with Gasteiger partial charge in [-0.1, -0.05) is 11.6 Å². The van der Waals surface area contributed by atoms with Crippen molar-refractivity contribution in [3.63, 3.8) is 0 Å². The van der Waals surface area contributed by atoms with Crippen LogP contribution in [-0.2, 0) is 4.79 Å². The molecule has 1 aromatic rings. The highest BCUT2D eigenvalue weighted by Gasteiger charge is 2.28. The van der Waals surface area contributed by atoms with Crippen molar-refractivity contribution in [1.29, 1.82) is 5.26 Å². The Balaban J connectivity index is 2.08. The quantitative estimate of drug-likeness (QED) is 0.878. The molecule has 1 aromatic carbocycles. The van der Waals surface area contributed by atoms with E-state index in [4.69, 9.17) is 22.0 Å². The molecular weight excluding hydrogens is 294 g/mol. The SMILES string of the molecule is N#Cc1ccc(Cl)c(NC(=O)N2CCC[C@@H](C(=O)O)C2)c1. The highest BCUT2D eigenvalue weighted by Crippen LogP contribution is 2.24. The molecule has 2 amide bonds. The molecule has 1 saturated heterocycles. The molecule has 0 unspecified atom stereocenters. The predicted octanol–water partition coefficient (Wildman–Crippen LogP) is 2.54. The van der Waals surface area contributed by atoms with Crippen molar-refractivity contribution in [2.24, 2.45) is 5.92 Å². The van der Waals surface area contributed by atoms with Crippen LogP contribution < -0.4 is 5.32 Å². The first kappa shape index (κ1) is 15.1. The van der Waals surface area contributed by atoms with Gasteiger partial charge in [0, 0.05) is 13.1 Å². The number of rotatable bonds is 2. The third-order valence-corrected chi connectivity index (χ3v) is 3.72. The van der Waals surface area contributed by atoms with E-state index < -0.39 is 17.9 Å². The number of likely N-dealkylation sites (tertiary alicyclic amines) is 1. The lowest BCUT2D eigenvalue weighted by Gasteiger charge is -2.30. The number of carboxylic acid groups (broad SMARTS) is 1. The lowest BCUT2D eigenvalue weighted by atomic mass is 9.99. The molecule has 0 bridgehead atoms. The molecule has 1 aliphatic heterocycles. The van der Waals surface area contributed by atoms with Gasteiger partial charge < -0.3 is 15.3 Å². The van der Waals surface area contributed by atoms with Crippen LogP contribution in [0.15, 0.2) is 18.2 Å². The van der Waals surface area contributed by atoms with Gasteiger partial charge in [-0.3, -0.25) is 4.79 Å². The fourth-order valence-electron chi connectivity index (χ4n) is 2.25. The summed E-state index contributed by atoms with van der Waals surface area (Å²) >= 11 is 5.98. The third-order valence-electron chi connectivity index (χ3n) is 3.39. The molecule has 110 valence electrons. The minimum atomic E-state index is -0.892. The standard InChI is InChI=1S/C14H14ClN3O3/c15-11-4-3-9(7-16)6-12(11)17-14(21)18-5-1-2-10(8-18)13(19)20/h3-4,6,10H,1-2,5,8H2,(H,17,21)(H,19,20)/t10-/m1/s1. The van der Waals surface area contributed by atoms with E-state index in [1.54, 1.807) is 6.07 Å². The zero-order chi connectivity index (χ0) is 15.4. The lowest BCUT2D eigenvalue weighted by molar-refractivity contribution is -0.143. The Labute approximate surface area is 126 Å². The van der Waals surface area contributed by atoms with Crippen molar-refractivity contribution >= 4 is 29.3 Å². The van der Waals surface area contributed by atoms with E-state index in [1.165, 1.54) is 17.0 Å². The van der Waals surface area contributed by atoms with Crippen molar-refractivity contribution in [2.45, 2.75) is 12.8 Å². The number of carboxylic acids is 1. The number of aliphatic carboxylic acids is 1. The first-order valence-electron chi connectivity index (χ1n) is 6.49. The minimum Gasteiger partial charge on any atom is -0.481 e. The van der Waals surface area contributed by atoms with E-state index in [0.29, 0.717) is 35.7 Å². The second-order valence-electron chi connectivity index (χ2n) is 4.86. The number of piperidine rings is 1.